The van der Waals surface area contributed by atoms with Gasteiger partial charge in [0.1, 0.15) is 0 Å². The molecule has 0 spiro atoms. The van der Waals surface area contributed by atoms with Crippen LogP contribution in [0.25, 0.3) is 0 Å². The average Bonchev–Trinajstić information content (AvgIpc) is 2.61. The molecule has 1 saturated heterocycles. The summed E-state index contributed by atoms with van der Waals surface area (Å²) >= 11 is 0. The Labute approximate surface area is 146 Å². The molecule has 2 fully saturated rings. The Balaban J connectivity index is 1.67. The lowest BCUT2D eigenvalue weighted by molar-refractivity contribution is -0.00219. The molecule has 1 heterocycles. The lowest BCUT2D eigenvalue weighted by atomic mass is 9.93. The molecule has 8 heteroatoms. The third kappa shape index (κ3) is 3.78. The first kappa shape index (κ1) is 18.1. The van der Waals surface area contributed by atoms with E-state index in [1.165, 1.54) is 29.2 Å². The Bertz CT molecular complexity index is 725. The Morgan fingerprint density at radius 1 is 1.20 bits per heavy atom. The molecule has 1 aliphatic heterocycles. The maximum atomic E-state index is 14.2. The minimum atomic E-state index is -3.21. The van der Waals surface area contributed by atoms with Crippen molar-refractivity contribution in [2.24, 2.45) is 0 Å². The molecule has 0 aromatic heterocycles. The van der Waals surface area contributed by atoms with Crippen LogP contribution in [0.4, 0.5) is 13.6 Å². The van der Waals surface area contributed by atoms with E-state index >= 15 is 0 Å². The number of alkyl halides is 2. The summed E-state index contributed by atoms with van der Waals surface area (Å²) in [6, 6.07) is 6.31. The highest BCUT2D eigenvalue weighted by Crippen LogP contribution is 2.32. The van der Waals surface area contributed by atoms with Crippen molar-refractivity contribution in [1.29, 1.82) is 0 Å². The van der Waals surface area contributed by atoms with Gasteiger partial charge in [-0.05, 0) is 12.8 Å². The highest BCUT2D eigenvalue weighted by molar-refractivity contribution is 7.92. The summed E-state index contributed by atoms with van der Waals surface area (Å²) in [4.78, 5) is 13.9. The molecule has 0 bridgehead atoms. The number of rotatable bonds is 3. The van der Waals surface area contributed by atoms with Crippen molar-refractivity contribution in [2.45, 2.75) is 42.9 Å². The molecule has 1 aliphatic carbocycles. The maximum absolute atomic E-state index is 14.2. The van der Waals surface area contributed by atoms with Crippen LogP contribution >= 0.6 is 0 Å². The summed E-state index contributed by atoms with van der Waals surface area (Å²) in [5.74, 6) is -3.28. The molecule has 2 unspecified atom stereocenters. The zero-order chi connectivity index (χ0) is 18.1. The predicted molar refractivity (Wildman–Crippen MR) is 90.3 cm³/mol. The van der Waals surface area contributed by atoms with E-state index in [1.54, 1.807) is 6.07 Å². The van der Waals surface area contributed by atoms with E-state index in [9.17, 15) is 22.0 Å². The summed E-state index contributed by atoms with van der Waals surface area (Å²) in [5, 5.41) is 1.73. The van der Waals surface area contributed by atoms with E-state index in [4.69, 9.17) is 0 Å². The second-order valence-corrected chi connectivity index (χ2v) is 9.02. The molecule has 2 atom stereocenters. The van der Waals surface area contributed by atoms with Gasteiger partial charge < -0.3 is 10.2 Å². The molecular weight excluding hydrogens is 350 g/mol. The Kier molecular flexibility index (Phi) is 4.99. The number of amides is 2. The zero-order valence-electron chi connectivity index (χ0n) is 13.8. The van der Waals surface area contributed by atoms with Crippen molar-refractivity contribution in [3.05, 3.63) is 35.9 Å². The lowest BCUT2D eigenvalue weighted by Crippen LogP contribution is -2.60. The lowest BCUT2D eigenvalue weighted by Gasteiger charge is -2.43. The number of hydrogen-bond donors (Lipinski definition) is 1. The van der Waals surface area contributed by atoms with Crippen LogP contribution in [0.3, 0.4) is 0 Å². The van der Waals surface area contributed by atoms with Crippen molar-refractivity contribution in [2.75, 3.05) is 18.8 Å². The third-order valence-electron chi connectivity index (χ3n) is 5.06. The van der Waals surface area contributed by atoms with Gasteiger partial charge in [0.05, 0.1) is 23.6 Å². The molecular formula is C17H22F2N2O3S. The van der Waals surface area contributed by atoms with Gasteiger partial charge in [0.25, 0.3) is 5.92 Å². The summed E-state index contributed by atoms with van der Waals surface area (Å²) < 4.78 is 52.8. The number of carbonyl (C=O) groups is 1. The number of fused-ring (bicyclic) bond motifs is 1. The van der Waals surface area contributed by atoms with E-state index in [0.29, 0.717) is 12.8 Å². The van der Waals surface area contributed by atoms with Gasteiger partial charge in [-0.2, -0.15) is 8.78 Å². The smallest absolute Gasteiger partial charge is 0.317 e. The van der Waals surface area contributed by atoms with E-state index < -0.39 is 39.6 Å². The number of nitrogens with zero attached hydrogens (tertiary/aromatic N) is 1. The van der Waals surface area contributed by atoms with Crippen molar-refractivity contribution < 1.29 is 22.0 Å². The number of nitrogens with one attached hydrogen (secondary N) is 1. The number of hydrogen-bond acceptors (Lipinski definition) is 3. The van der Waals surface area contributed by atoms with Gasteiger partial charge in [0.2, 0.25) is 0 Å². The fourth-order valence-electron chi connectivity index (χ4n) is 3.72. The van der Waals surface area contributed by atoms with E-state index in [1.807, 2.05) is 0 Å². The number of urea groups is 1. The van der Waals surface area contributed by atoms with Crippen molar-refractivity contribution in [3.63, 3.8) is 0 Å². The quantitative estimate of drug-likeness (QED) is 0.887. The molecule has 1 aromatic carbocycles. The van der Waals surface area contributed by atoms with Crippen LogP contribution in [0.15, 0.2) is 30.3 Å². The van der Waals surface area contributed by atoms with Gasteiger partial charge in [0, 0.05) is 12.1 Å². The number of sulfone groups is 1. The van der Waals surface area contributed by atoms with Crippen LogP contribution < -0.4 is 5.32 Å². The summed E-state index contributed by atoms with van der Waals surface area (Å²) in [6.45, 7) is -0.747. The fraction of sp³-hybridized carbons (Fsp3) is 0.588. The Morgan fingerprint density at radius 2 is 1.88 bits per heavy atom. The fourth-order valence-corrected chi connectivity index (χ4v) is 5.76. The molecule has 1 N–H and O–H groups in total. The maximum Gasteiger partial charge on any atom is 0.317 e. The van der Waals surface area contributed by atoms with Crippen LogP contribution in [0.5, 0.6) is 0 Å². The molecule has 25 heavy (non-hydrogen) atoms. The molecule has 2 aliphatic rings. The van der Waals surface area contributed by atoms with E-state index in [2.05, 4.69) is 5.32 Å². The van der Waals surface area contributed by atoms with Gasteiger partial charge in [-0.15, -0.1) is 0 Å². The normalized spacial score (nSPS) is 25.9. The molecule has 138 valence electrons. The first-order chi connectivity index (χ1) is 11.8. The average molecular weight is 372 g/mol. The predicted octanol–water partition coefficient (Wildman–Crippen LogP) is 2.53. The van der Waals surface area contributed by atoms with Crippen molar-refractivity contribution >= 4 is 15.9 Å². The summed E-state index contributed by atoms with van der Waals surface area (Å²) in [7, 11) is -3.21. The number of benzene rings is 1. The second-order valence-electron chi connectivity index (χ2n) is 6.68. The van der Waals surface area contributed by atoms with Gasteiger partial charge >= 0.3 is 6.03 Å². The van der Waals surface area contributed by atoms with Crippen LogP contribution in [-0.2, 0) is 15.8 Å². The van der Waals surface area contributed by atoms with Crippen LogP contribution in [-0.4, -0.2) is 49.5 Å². The highest BCUT2D eigenvalue weighted by Gasteiger charge is 2.44. The minimum absolute atomic E-state index is 0.0617. The van der Waals surface area contributed by atoms with E-state index in [-0.39, 0.29) is 17.9 Å². The minimum Gasteiger partial charge on any atom is -0.332 e. The van der Waals surface area contributed by atoms with Crippen molar-refractivity contribution in [1.82, 2.24) is 10.2 Å². The first-order valence-corrected chi connectivity index (χ1v) is 10.2. The zero-order valence-corrected chi connectivity index (χ0v) is 14.6. The van der Waals surface area contributed by atoms with E-state index in [0.717, 1.165) is 12.8 Å². The highest BCUT2D eigenvalue weighted by atomic mass is 32.2. The first-order valence-electron chi connectivity index (χ1n) is 8.51. The van der Waals surface area contributed by atoms with Gasteiger partial charge in [-0.25, -0.2) is 13.2 Å². The molecule has 3 rings (SSSR count). The molecule has 0 radical (unpaired) electrons. The number of halogens is 2. The van der Waals surface area contributed by atoms with Crippen LogP contribution in [0.1, 0.15) is 31.2 Å². The van der Waals surface area contributed by atoms with Crippen LogP contribution in [0, 0.1) is 0 Å². The summed E-state index contributed by atoms with van der Waals surface area (Å²) in [5.41, 5.74) is -0.160. The molecule has 1 saturated carbocycles. The standard InChI is InChI=1S/C17H22F2N2O3S/c18-17(19,13-6-2-1-3-7-13)12-20-16(22)21-10-11-25(23,24)15-9-5-4-8-14(15)21/h1-3,6-7,14-15H,4-5,8-12H2,(H,20,22). The summed E-state index contributed by atoms with van der Waals surface area (Å²) in [6.07, 6.45) is 2.81. The van der Waals surface area contributed by atoms with Gasteiger partial charge in [0.15, 0.2) is 9.84 Å². The number of carbonyl (C=O) groups excluding carboxylic acids is 1. The topological polar surface area (TPSA) is 66.5 Å². The van der Waals surface area contributed by atoms with Crippen LogP contribution in [0.2, 0.25) is 0 Å². The molecule has 2 amide bonds. The third-order valence-corrected chi connectivity index (χ3v) is 7.29. The Morgan fingerprint density at radius 3 is 2.60 bits per heavy atom. The Hall–Kier alpha value is -1.70. The molecule has 1 aromatic rings. The van der Waals surface area contributed by atoms with Gasteiger partial charge in [-0.1, -0.05) is 43.2 Å². The SMILES string of the molecule is O=C(NCC(F)(F)c1ccccc1)N1CCS(=O)(=O)C2CCCCC21. The largest absolute Gasteiger partial charge is 0.332 e. The van der Waals surface area contributed by atoms with Gasteiger partial charge in [-0.3, -0.25) is 0 Å². The monoisotopic (exact) mass is 372 g/mol. The van der Waals surface area contributed by atoms with Crippen molar-refractivity contribution in [3.8, 4) is 0 Å². The molecule has 5 nitrogen and oxygen atoms in total. The second kappa shape index (κ2) is 6.90.